The SMILES string of the molecule is C=CCn1cc(CN[C@H](C)c2nncn2CCCOC)c(C)n1. The number of aryl methyl sites for hydroxylation is 2. The summed E-state index contributed by atoms with van der Waals surface area (Å²) in [5.74, 6) is 0.942. The lowest BCUT2D eigenvalue weighted by atomic mass is 10.2. The van der Waals surface area contributed by atoms with Crippen LogP contribution < -0.4 is 5.32 Å². The lowest BCUT2D eigenvalue weighted by Gasteiger charge is -2.14. The molecule has 0 aromatic carbocycles. The van der Waals surface area contributed by atoms with E-state index >= 15 is 0 Å². The zero-order valence-electron chi connectivity index (χ0n) is 14.2. The maximum absolute atomic E-state index is 5.10. The van der Waals surface area contributed by atoms with Crippen LogP contribution in [-0.4, -0.2) is 38.3 Å². The van der Waals surface area contributed by atoms with Gasteiger partial charge in [-0.3, -0.25) is 4.68 Å². The van der Waals surface area contributed by atoms with E-state index in [1.54, 1.807) is 13.4 Å². The summed E-state index contributed by atoms with van der Waals surface area (Å²) in [5.41, 5.74) is 2.22. The molecule has 0 saturated carbocycles. The summed E-state index contributed by atoms with van der Waals surface area (Å²) in [7, 11) is 1.71. The topological polar surface area (TPSA) is 69.8 Å². The van der Waals surface area contributed by atoms with E-state index in [0.717, 1.165) is 44.2 Å². The molecular weight excluding hydrogens is 292 g/mol. The van der Waals surface area contributed by atoms with Gasteiger partial charge in [0.2, 0.25) is 0 Å². The van der Waals surface area contributed by atoms with Crippen LogP contribution in [0.3, 0.4) is 0 Å². The fourth-order valence-electron chi connectivity index (χ4n) is 2.46. The molecule has 2 heterocycles. The van der Waals surface area contributed by atoms with Gasteiger partial charge >= 0.3 is 0 Å². The van der Waals surface area contributed by atoms with Gasteiger partial charge < -0.3 is 14.6 Å². The van der Waals surface area contributed by atoms with Gasteiger partial charge in [-0.05, 0) is 20.3 Å². The largest absolute Gasteiger partial charge is 0.385 e. The van der Waals surface area contributed by atoms with Crippen molar-refractivity contribution in [1.29, 1.82) is 0 Å². The molecule has 0 spiro atoms. The molecule has 1 N–H and O–H groups in total. The van der Waals surface area contributed by atoms with E-state index in [2.05, 4.69) is 44.9 Å². The van der Waals surface area contributed by atoms with E-state index in [1.165, 1.54) is 5.56 Å². The molecule has 0 unspecified atom stereocenters. The monoisotopic (exact) mass is 318 g/mol. The molecule has 0 radical (unpaired) electrons. The molecule has 0 aliphatic heterocycles. The van der Waals surface area contributed by atoms with Crippen molar-refractivity contribution in [1.82, 2.24) is 29.9 Å². The molecule has 2 aromatic heterocycles. The number of nitrogens with zero attached hydrogens (tertiary/aromatic N) is 5. The van der Waals surface area contributed by atoms with Crippen LogP contribution in [0.1, 0.15) is 36.5 Å². The van der Waals surface area contributed by atoms with Gasteiger partial charge in [0.05, 0.1) is 18.3 Å². The molecule has 0 aliphatic rings. The summed E-state index contributed by atoms with van der Waals surface area (Å²) in [5, 5.41) is 16.2. The summed E-state index contributed by atoms with van der Waals surface area (Å²) >= 11 is 0. The second-order valence-electron chi connectivity index (χ2n) is 5.58. The second kappa shape index (κ2) is 8.59. The predicted molar refractivity (Wildman–Crippen MR) is 88.9 cm³/mol. The van der Waals surface area contributed by atoms with Gasteiger partial charge in [-0.25, -0.2) is 0 Å². The highest BCUT2D eigenvalue weighted by Crippen LogP contribution is 2.12. The van der Waals surface area contributed by atoms with Crippen LogP contribution >= 0.6 is 0 Å². The minimum Gasteiger partial charge on any atom is -0.385 e. The van der Waals surface area contributed by atoms with E-state index < -0.39 is 0 Å². The molecule has 1 atom stereocenters. The van der Waals surface area contributed by atoms with Crippen molar-refractivity contribution in [2.45, 2.75) is 45.9 Å². The zero-order valence-corrected chi connectivity index (χ0v) is 14.2. The third kappa shape index (κ3) is 4.74. The average molecular weight is 318 g/mol. The molecule has 2 rings (SSSR count). The van der Waals surface area contributed by atoms with Gasteiger partial charge in [-0.15, -0.1) is 16.8 Å². The van der Waals surface area contributed by atoms with Crippen molar-refractivity contribution in [3.8, 4) is 0 Å². The van der Waals surface area contributed by atoms with E-state index in [1.807, 2.05) is 17.7 Å². The Hall–Kier alpha value is -1.99. The van der Waals surface area contributed by atoms with E-state index in [4.69, 9.17) is 4.74 Å². The Morgan fingerprint density at radius 1 is 1.48 bits per heavy atom. The van der Waals surface area contributed by atoms with Crippen molar-refractivity contribution in [2.24, 2.45) is 0 Å². The minimum absolute atomic E-state index is 0.113. The lowest BCUT2D eigenvalue weighted by Crippen LogP contribution is -2.22. The summed E-state index contributed by atoms with van der Waals surface area (Å²) < 4.78 is 9.07. The lowest BCUT2D eigenvalue weighted by molar-refractivity contribution is 0.189. The molecule has 23 heavy (non-hydrogen) atoms. The number of methoxy groups -OCH3 is 1. The molecule has 7 heteroatoms. The van der Waals surface area contributed by atoms with Crippen molar-refractivity contribution in [3.05, 3.63) is 42.3 Å². The van der Waals surface area contributed by atoms with Gasteiger partial charge in [0, 0.05) is 38.6 Å². The Labute approximate surface area is 137 Å². The number of hydrogen-bond acceptors (Lipinski definition) is 5. The molecular formula is C16H26N6O. The quantitative estimate of drug-likeness (QED) is 0.535. The number of ether oxygens (including phenoxy) is 1. The maximum Gasteiger partial charge on any atom is 0.149 e. The van der Waals surface area contributed by atoms with Crippen molar-refractivity contribution < 1.29 is 4.74 Å². The third-order valence-corrected chi connectivity index (χ3v) is 3.74. The molecule has 126 valence electrons. The molecule has 0 bridgehead atoms. The first kappa shape index (κ1) is 17.4. The molecule has 0 amide bonds. The fraction of sp³-hybridized carbons (Fsp3) is 0.562. The van der Waals surface area contributed by atoms with Gasteiger partial charge in [-0.2, -0.15) is 5.10 Å². The summed E-state index contributed by atoms with van der Waals surface area (Å²) in [6, 6.07) is 0.113. The van der Waals surface area contributed by atoms with Gasteiger partial charge in [0.1, 0.15) is 12.2 Å². The average Bonchev–Trinajstić information content (AvgIpc) is 3.12. The maximum atomic E-state index is 5.10. The number of aromatic nitrogens is 5. The first-order valence-electron chi connectivity index (χ1n) is 7.89. The van der Waals surface area contributed by atoms with Crippen LogP contribution in [0.15, 0.2) is 25.2 Å². The Kier molecular flexibility index (Phi) is 6.49. The third-order valence-electron chi connectivity index (χ3n) is 3.74. The second-order valence-corrected chi connectivity index (χ2v) is 5.58. The highest BCUT2D eigenvalue weighted by Gasteiger charge is 2.14. The Bertz CT molecular complexity index is 618. The van der Waals surface area contributed by atoms with E-state index in [0.29, 0.717) is 0 Å². The molecule has 0 aliphatic carbocycles. The molecule has 7 nitrogen and oxygen atoms in total. The van der Waals surface area contributed by atoms with Crippen LogP contribution in [0, 0.1) is 6.92 Å². The van der Waals surface area contributed by atoms with Gasteiger partial charge in [0.25, 0.3) is 0 Å². The smallest absolute Gasteiger partial charge is 0.149 e. The van der Waals surface area contributed by atoms with Gasteiger partial charge in [-0.1, -0.05) is 6.08 Å². The summed E-state index contributed by atoms with van der Waals surface area (Å²) in [6.45, 7) is 10.9. The first-order valence-corrected chi connectivity index (χ1v) is 7.89. The van der Waals surface area contributed by atoms with E-state index in [-0.39, 0.29) is 6.04 Å². The molecule has 2 aromatic rings. The summed E-state index contributed by atoms with van der Waals surface area (Å²) in [4.78, 5) is 0. The van der Waals surface area contributed by atoms with Crippen molar-refractivity contribution in [2.75, 3.05) is 13.7 Å². The Morgan fingerprint density at radius 2 is 2.30 bits per heavy atom. The summed E-state index contributed by atoms with van der Waals surface area (Å²) in [6.07, 6.45) is 6.62. The molecule has 0 saturated heterocycles. The van der Waals surface area contributed by atoms with E-state index in [9.17, 15) is 0 Å². The Morgan fingerprint density at radius 3 is 3.04 bits per heavy atom. The minimum atomic E-state index is 0.113. The number of nitrogens with one attached hydrogen (secondary N) is 1. The predicted octanol–water partition coefficient (Wildman–Crippen LogP) is 1.86. The van der Waals surface area contributed by atoms with Gasteiger partial charge in [0.15, 0.2) is 0 Å². The van der Waals surface area contributed by atoms with Crippen LogP contribution in [0.4, 0.5) is 0 Å². The standard InChI is InChI=1S/C16H26N6O/c1-5-7-22-11-15(13(2)20-22)10-17-14(3)16-19-18-12-21(16)8-6-9-23-4/h5,11-12,14,17H,1,6-10H2,2-4H3/t14-/m1/s1. The number of allylic oxidation sites excluding steroid dienone is 1. The molecule has 0 fully saturated rings. The van der Waals surface area contributed by atoms with Crippen LogP contribution in [0.2, 0.25) is 0 Å². The number of rotatable bonds is 10. The van der Waals surface area contributed by atoms with Crippen LogP contribution in [0.5, 0.6) is 0 Å². The normalized spacial score (nSPS) is 12.5. The first-order chi connectivity index (χ1) is 11.2. The Balaban J connectivity index is 1.93. The highest BCUT2D eigenvalue weighted by molar-refractivity contribution is 5.15. The fourth-order valence-corrected chi connectivity index (χ4v) is 2.46. The zero-order chi connectivity index (χ0) is 16.7. The van der Waals surface area contributed by atoms with Crippen LogP contribution in [-0.2, 0) is 24.4 Å². The van der Waals surface area contributed by atoms with Crippen molar-refractivity contribution in [3.63, 3.8) is 0 Å². The highest BCUT2D eigenvalue weighted by atomic mass is 16.5. The van der Waals surface area contributed by atoms with Crippen molar-refractivity contribution >= 4 is 0 Å². The number of hydrogen-bond donors (Lipinski definition) is 1. The van der Waals surface area contributed by atoms with Crippen LogP contribution in [0.25, 0.3) is 0 Å².